The van der Waals surface area contributed by atoms with Gasteiger partial charge in [0.2, 0.25) is 15.9 Å². The molecule has 1 aromatic heterocycles. The molecule has 0 fully saturated rings. The van der Waals surface area contributed by atoms with Crippen molar-refractivity contribution in [3.05, 3.63) is 75.0 Å². The molecule has 0 aliphatic rings. The van der Waals surface area contributed by atoms with Crippen molar-refractivity contribution in [3.8, 4) is 11.5 Å². The van der Waals surface area contributed by atoms with Crippen LogP contribution in [0.4, 0.5) is 0 Å². The summed E-state index contributed by atoms with van der Waals surface area (Å²) in [6.07, 6.45) is 0.585. The molecule has 0 saturated heterocycles. The van der Waals surface area contributed by atoms with Crippen LogP contribution in [0.2, 0.25) is 0 Å². The van der Waals surface area contributed by atoms with Crippen LogP contribution in [0.3, 0.4) is 0 Å². The molecule has 0 aliphatic heterocycles. The molecule has 9 heteroatoms. The van der Waals surface area contributed by atoms with E-state index in [0.29, 0.717) is 42.1 Å². The van der Waals surface area contributed by atoms with Crippen LogP contribution in [-0.4, -0.2) is 56.9 Å². The Morgan fingerprint density at radius 3 is 2.18 bits per heavy atom. The largest absolute Gasteiger partial charge is 0.493 e. The number of ether oxygens (including phenoxy) is 2. The smallest absolute Gasteiger partial charge is 0.244 e. The molecular weight excluding hydrogens is 520 g/mol. The van der Waals surface area contributed by atoms with Gasteiger partial charge in [-0.25, -0.2) is 8.42 Å². The van der Waals surface area contributed by atoms with Gasteiger partial charge in [-0.3, -0.25) is 4.79 Å². The lowest BCUT2D eigenvalue weighted by Gasteiger charge is -2.30. The highest BCUT2D eigenvalue weighted by atomic mass is 32.2. The molecule has 0 saturated carbocycles. The molecule has 38 heavy (non-hydrogen) atoms. The number of hydrogen-bond donors (Lipinski definition) is 0. The van der Waals surface area contributed by atoms with Crippen LogP contribution >= 0.6 is 11.3 Å². The molecule has 7 nitrogen and oxygen atoms in total. The fraction of sp³-hybridized carbons (Fsp3) is 0.414. The molecule has 0 N–H and O–H groups in total. The van der Waals surface area contributed by atoms with E-state index < -0.39 is 16.1 Å². The van der Waals surface area contributed by atoms with Crippen LogP contribution in [0.1, 0.15) is 41.0 Å². The Morgan fingerprint density at radius 1 is 0.974 bits per heavy atom. The first kappa shape index (κ1) is 29.7. The lowest BCUT2D eigenvalue weighted by atomic mass is 10.1. The highest BCUT2D eigenvalue weighted by Gasteiger charge is 2.33. The first-order valence-electron chi connectivity index (χ1n) is 12.6. The van der Waals surface area contributed by atoms with E-state index in [-0.39, 0.29) is 17.3 Å². The summed E-state index contributed by atoms with van der Waals surface area (Å²) in [6, 6.07) is 13.0. The van der Waals surface area contributed by atoms with Crippen LogP contribution in [-0.2, 0) is 27.8 Å². The maximum Gasteiger partial charge on any atom is 0.244 e. The number of thiophene rings is 1. The van der Waals surface area contributed by atoms with Gasteiger partial charge in [0.15, 0.2) is 11.5 Å². The van der Waals surface area contributed by atoms with Crippen molar-refractivity contribution < 1.29 is 22.7 Å². The zero-order valence-corrected chi connectivity index (χ0v) is 24.9. The summed E-state index contributed by atoms with van der Waals surface area (Å²) < 4.78 is 39.8. The molecule has 0 unspecified atom stereocenters. The van der Waals surface area contributed by atoms with Gasteiger partial charge in [-0.15, -0.1) is 11.3 Å². The molecule has 3 rings (SSSR count). The monoisotopic (exact) mass is 558 g/mol. The van der Waals surface area contributed by atoms with Gasteiger partial charge >= 0.3 is 0 Å². The van der Waals surface area contributed by atoms with Crippen LogP contribution in [0.5, 0.6) is 11.5 Å². The average Bonchev–Trinajstić information content (AvgIpc) is 3.36. The van der Waals surface area contributed by atoms with Crippen molar-refractivity contribution in [1.82, 2.24) is 9.21 Å². The first-order valence-corrected chi connectivity index (χ1v) is 14.9. The molecule has 206 valence electrons. The minimum atomic E-state index is -3.89. The van der Waals surface area contributed by atoms with Gasteiger partial charge in [-0.2, -0.15) is 4.31 Å². The number of hydrogen-bond acceptors (Lipinski definition) is 6. The normalized spacial score (nSPS) is 11.7. The second kappa shape index (κ2) is 12.8. The summed E-state index contributed by atoms with van der Waals surface area (Å²) in [5.74, 6) is 1.03. The summed E-state index contributed by atoms with van der Waals surface area (Å²) in [6.45, 7) is 9.77. The number of sulfonamides is 1. The number of nitrogens with zero attached hydrogens (tertiary/aromatic N) is 2. The van der Waals surface area contributed by atoms with Gasteiger partial charge in [0.25, 0.3) is 0 Å². The second-order valence-electron chi connectivity index (χ2n) is 9.71. The van der Waals surface area contributed by atoms with Crippen LogP contribution in [0, 0.1) is 20.8 Å². The van der Waals surface area contributed by atoms with E-state index in [9.17, 15) is 13.2 Å². The second-order valence-corrected chi connectivity index (χ2v) is 12.6. The lowest BCUT2D eigenvalue weighted by molar-refractivity contribution is -0.132. The van der Waals surface area contributed by atoms with Crippen molar-refractivity contribution >= 4 is 27.3 Å². The molecule has 0 atom stereocenters. The maximum atomic E-state index is 13.8. The zero-order chi connectivity index (χ0) is 28.0. The molecule has 1 amide bonds. The summed E-state index contributed by atoms with van der Waals surface area (Å²) >= 11 is 1.57. The molecule has 0 bridgehead atoms. The molecule has 1 heterocycles. The molecule has 0 aliphatic carbocycles. The number of carbonyl (C=O) groups excluding carboxylic acids is 1. The SMILES string of the molecule is COc1ccc(CCN(Cc2cccs2)C(=O)CN(C(C)C)S(=O)(=O)c2c(C)cc(C)cc2C)cc1OC. The molecule has 0 spiro atoms. The number of rotatable bonds is 12. The van der Waals surface area contributed by atoms with E-state index >= 15 is 0 Å². The Labute approximate surface area is 231 Å². The Balaban J connectivity index is 1.87. The Morgan fingerprint density at radius 2 is 1.63 bits per heavy atom. The van der Waals surface area contributed by atoms with E-state index in [1.807, 2.05) is 54.8 Å². The third-order valence-electron chi connectivity index (χ3n) is 6.44. The summed E-state index contributed by atoms with van der Waals surface area (Å²) in [5.41, 5.74) is 3.36. The summed E-state index contributed by atoms with van der Waals surface area (Å²) in [7, 11) is -0.715. The van der Waals surface area contributed by atoms with Crippen LogP contribution in [0.25, 0.3) is 0 Å². The number of carbonyl (C=O) groups is 1. The van der Waals surface area contributed by atoms with Gasteiger partial charge in [0, 0.05) is 17.5 Å². The van der Waals surface area contributed by atoms with Crippen molar-refractivity contribution in [2.75, 3.05) is 27.3 Å². The van der Waals surface area contributed by atoms with Gasteiger partial charge < -0.3 is 14.4 Å². The molecular formula is C29H38N2O5S2. The minimum Gasteiger partial charge on any atom is -0.493 e. The number of amides is 1. The number of aryl methyl sites for hydroxylation is 3. The van der Waals surface area contributed by atoms with Crippen molar-refractivity contribution in [1.29, 1.82) is 0 Å². The van der Waals surface area contributed by atoms with E-state index in [4.69, 9.17) is 9.47 Å². The van der Waals surface area contributed by atoms with E-state index in [1.54, 1.807) is 58.2 Å². The Kier molecular flexibility index (Phi) is 9.98. The highest BCUT2D eigenvalue weighted by Crippen LogP contribution is 2.29. The molecule has 2 aromatic carbocycles. The van der Waals surface area contributed by atoms with Gasteiger partial charge in [0.05, 0.1) is 32.2 Å². The highest BCUT2D eigenvalue weighted by molar-refractivity contribution is 7.89. The van der Waals surface area contributed by atoms with E-state index in [0.717, 1.165) is 16.0 Å². The molecule has 3 aromatic rings. The number of benzene rings is 2. The van der Waals surface area contributed by atoms with Crippen molar-refractivity contribution in [2.24, 2.45) is 0 Å². The van der Waals surface area contributed by atoms with E-state index in [2.05, 4.69) is 0 Å². The predicted octanol–water partition coefficient (Wildman–Crippen LogP) is 5.36. The van der Waals surface area contributed by atoms with Gasteiger partial charge in [-0.05, 0) is 81.3 Å². The van der Waals surface area contributed by atoms with E-state index in [1.165, 1.54) is 4.31 Å². The van der Waals surface area contributed by atoms with Gasteiger partial charge in [-0.1, -0.05) is 29.8 Å². The maximum absolute atomic E-state index is 13.8. The van der Waals surface area contributed by atoms with Crippen LogP contribution in [0.15, 0.2) is 52.7 Å². The fourth-order valence-corrected chi connectivity index (χ4v) is 7.37. The average molecular weight is 559 g/mol. The predicted molar refractivity (Wildman–Crippen MR) is 153 cm³/mol. The third-order valence-corrected chi connectivity index (χ3v) is 9.63. The van der Waals surface area contributed by atoms with Gasteiger partial charge in [0.1, 0.15) is 0 Å². The Hall–Kier alpha value is -2.88. The summed E-state index contributed by atoms with van der Waals surface area (Å²) in [5, 5.41) is 1.97. The molecule has 0 radical (unpaired) electrons. The standard InChI is InChI=1S/C29H38N2O5S2/c1-20(2)31(38(33,34)29-22(4)15-21(3)16-23(29)5)19-28(32)30(18-25-9-8-14-37-25)13-12-24-10-11-26(35-6)27(17-24)36-7/h8-11,14-17,20H,12-13,18-19H2,1-7H3. The quantitative estimate of drug-likeness (QED) is 0.299. The number of methoxy groups -OCH3 is 2. The van der Waals surface area contributed by atoms with Crippen molar-refractivity contribution in [2.45, 2.75) is 58.5 Å². The summed E-state index contributed by atoms with van der Waals surface area (Å²) in [4.78, 5) is 16.8. The van der Waals surface area contributed by atoms with Crippen molar-refractivity contribution in [3.63, 3.8) is 0 Å². The Bertz CT molecular complexity index is 1330. The first-order chi connectivity index (χ1) is 18.0. The topological polar surface area (TPSA) is 76.2 Å². The zero-order valence-electron chi connectivity index (χ0n) is 23.3. The fourth-order valence-electron chi connectivity index (χ4n) is 4.65. The minimum absolute atomic E-state index is 0.232. The lowest BCUT2D eigenvalue weighted by Crippen LogP contribution is -2.46. The van der Waals surface area contributed by atoms with Crippen LogP contribution < -0.4 is 9.47 Å². The third kappa shape index (κ3) is 6.95.